The van der Waals surface area contributed by atoms with E-state index in [2.05, 4.69) is 123 Å². The Hall–Kier alpha value is -2.06. The van der Waals surface area contributed by atoms with Crippen LogP contribution in [0.25, 0.3) is 0 Å². The maximum Gasteiger partial charge on any atom is 0.306 e. The van der Waals surface area contributed by atoms with Crippen LogP contribution in [-0.2, 0) is 14.9 Å². The van der Waals surface area contributed by atoms with Crippen molar-refractivity contribution in [3.8, 4) is 11.5 Å². The molecular weight excluding hydrogens is 517 g/mol. The number of hydrogen-bond donors (Lipinski definition) is 0. The zero-order valence-electron chi connectivity index (χ0n) is 27.2. The quantitative estimate of drug-likeness (QED) is 0.222. The molecule has 0 atom stereocenters. The predicted octanol–water partition coefficient (Wildman–Crippen LogP) is 9.88. The average molecular weight is 571 g/mol. The molecule has 4 nitrogen and oxygen atoms in total. The number of benzene rings is 2. The predicted molar refractivity (Wildman–Crippen MR) is 170 cm³/mol. The Labute approximate surface area is 241 Å². The van der Waals surface area contributed by atoms with Crippen LogP contribution in [0.2, 0.25) is 36.3 Å². The van der Waals surface area contributed by atoms with Gasteiger partial charge in [-0.3, -0.25) is 4.79 Å². The molecule has 0 unspecified atom stereocenters. The van der Waals surface area contributed by atoms with E-state index in [1.807, 2.05) is 20.8 Å². The number of ether oxygens (including phenoxy) is 1. The third-order valence-electron chi connectivity index (χ3n) is 8.59. The molecule has 0 bridgehead atoms. The van der Waals surface area contributed by atoms with Crippen LogP contribution in [0.1, 0.15) is 93.2 Å². The van der Waals surface area contributed by atoms with Gasteiger partial charge in [0.1, 0.15) is 17.1 Å². The number of carbonyl (C=O) groups is 1. The highest BCUT2D eigenvalue weighted by Gasteiger charge is 2.40. The van der Waals surface area contributed by atoms with E-state index < -0.39 is 22.2 Å². The lowest BCUT2D eigenvalue weighted by atomic mass is 9.73. The maximum atomic E-state index is 12.7. The second kappa shape index (κ2) is 11.4. The molecule has 0 spiro atoms. The van der Waals surface area contributed by atoms with Gasteiger partial charge in [-0.15, -0.1) is 0 Å². The van der Waals surface area contributed by atoms with E-state index in [-0.39, 0.29) is 21.5 Å². The molecule has 2 aromatic carbocycles. The molecule has 0 N–H and O–H groups in total. The summed E-state index contributed by atoms with van der Waals surface area (Å²) in [4.78, 5) is 12.7. The van der Waals surface area contributed by atoms with Gasteiger partial charge in [0.25, 0.3) is 0 Å². The lowest BCUT2D eigenvalue weighted by Gasteiger charge is -2.37. The van der Waals surface area contributed by atoms with Crippen LogP contribution in [0, 0.1) is 0 Å². The van der Waals surface area contributed by atoms with Crippen LogP contribution in [0.5, 0.6) is 11.5 Å². The van der Waals surface area contributed by atoms with Crippen LogP contribution < -0.4 is 8.85 Å². The Morgan fingerprint density at radius 2 is 0.949 bits per heavy atom. The van der Waals surface area contributed by atoms with Crippen LogP contribution in [-0.4, -0.2) is 28.2 Å². The SMILES string of the molecule is CC(C)(C)OC(=O)CCC(C)(c1ccc(O[Si](C)(C)C(C)(C)C)cc1)c1ccc(O[Si](C)(C)C(C)(C)C)cc1. The first-order valence-corrected chi connectivity index (χ1v) is 20.1. The highest BCUT2D eigenvalue weighted by Crippen LogP contribution is 2.42. The fraction of sp³-hybridized carbons (Fsp3) is 0.606. The first-order valence-electron chi connectivity index (χ1n) is 14.3. The summed E-state index contributed by atoms with van der Waals surface area (Å²) in [5.74, 6) is 1.63. The van der Waals surface area contributed by atoms with Crippen molar-refractivity contribution in [1.82, 2.24) is 0 Å². The second-order valence-electron chi connectivity index (χ2n) is 15.2. The standard InChI is InChI=1S/C33H54O4Si2/c1-30(2,3)35-29(34)23-24-33(10,25-15-19-27(20-16-25)36-38(11,12)31(4,5)6)26-17-21-28(22-18-26)37-39(13,14)32(7,8)9/h15-22H,23-24H2,1-14H3. The Morgan fingerprint density at radius 1 is 0.615 bits per heavy atom. The van der Waals surface area contributed by atoms with Crippen LogP contribution in [0.3, 0.4) is 0 Å². The lowest BCUT2D eigenvalue weighted by Crippen LogP contribution is -2.43. The molecule has 218 valence electrons. The summed E-state index contributed by atoms with van der Waals surface area (Å²) in [6, 6.07) is 16.9. The van der Waals surface area contributed by atoms with Gasteiger partial charge in [-0.1, -0.05) is 72.7 Å². The Kier molecular flexibility index (Phi) is 9.72. The molecule has 0 radical (unpaired) electrons. The van der Waals surface area contributed by atoms with Crippen molar-refractivity contribution in [3.63, 3.8) is 0 Å². The number of carbonyl (C=O) groups excluding carboxylic acids is 1. The van der Waals surface area contributed by atoms with Crippen molar-refractivity contribution in [2.24, 2.45) is 0 Å². The summed E-state index contributed by atoms with van der Waals surface area (Å²) in [5.41, 5.74) is 1.40. The molecule has 2 rings (SSSR count). The minimum absolute atomic E-state index is 0.127. The van der Waals surface area contributed by atoms with Gasteiger partial charge in [-0.25, -0.2) is 0 Å². The van der Waals surface area contributed by atoms with Crippen LogP contribution in [0.15, 0.2) is 48.5 Å². The zero-order chi connectivity index (χ0) is 30.1. The van der Waals surface area contributed by atoms with Crippen molar-refractivity contribution in [2.45, 2.75) is 129 Å². The smallest absolute Gasteiger partial charge is 0.306 e. The van der Waals surface area contributed by atoms with E-state index in [9.17, 15) is 4.79 Å². The zero-order valence-corrected chi connectivity index (χ0v) is 29.2. The van der Waals surface area contributed by atoms with Crippen LogP contribution in [0.4, 0.5) is 0 Å². The Balaban J connectivity index is 2.41. The maximum absolute atomic E-state index is 12.7. The molecule has 0 aliphatic carbocycles. The van der Waals surface area contributed by atoms with Crippen molar-refractivity contribution in [2.75, 3.05) is 0 Å². The minimum atomic E-state index is -1.94. The number of hydrogen-bond acceptors (Lipinski definition) is 4. The highest BCUT2D eigenvalue weighted by atomic mass is 28.4. The van der Waals surface area contributed by atoms with Gasteiger partial charge in [0, 0.05) is 11.8 Å². The summed E-state index contributed by atoms with van der Waals surface area (Å²) in [6.07, 6.45) is 0.963. The van der Waals surface area contributed by atoms with Gasteiger partial charge in [0.2, 0.25) is 16.6 Å². The van der Waals surface area contributed by atoms with Crippen molar-refractivity contribution >= 4 is 22.6 Å². The van der Waals surface area contributed by atoms with Crippen LogP contribution >= 0.6 is 0 Å². The van der Waals surface area contributed by atoms with Gasteiger partial charge < -0.3 is 13.6 Å². The van der Waals surface area contributed by atoms with E-state index in [4.69, 9.17) is 13.6 Å². The fourth-order valence-corrected chi connectivity index (χ4v) is 5.94. The molecule has 6 heteroatoms. The Morgan fingerprint density at radius 3 is 1.23 bits per heavy atom. The van der Waals surface area contributed by atoms with Gasteiger partial charge in [0.15, 0.2) is 0 Å². The van der Waals surface area contributed by atoms with Crippen molar-refractivity contribution in [1.29, 1.82) is 0 Å². The Bertz CT molecular complexity index is 1030. The topological polar surface area (TPSA) is 44.8 Å². The molecule has 0 saturated heterocycles. The molecule has 0 aliphatic rings. The summed E-state index contributed by atoms with van der Waals surface area (Å²) < 4.78 is 18.7. The van der Waals surface area contributed by atoms with Gasteiger partial charge >= 0.3 is 5.97 Å². The molecule has 2 aromatic rings. The minimum Gasteiger partial charge on any atom is -0.544 e. The lowest BCUT2D eigenvalue weighted by molar-refractivity contribution is -0.155. The van der Waals surface area contributed by atoms with E-state index in [0.29, 0.717) is 12.8 Å². The first kappa shape index (κ1) is 33.2. The summed E-state index contributed by atoms with van der Waals surface area (Å²) >= 11 is 0. The number of esters is 1. The second-order valence-corrected chi connectivity index (χ2v) is 24.6. The summed E-state index contributed by atoms with van der Waals surface area (Å²) in [5, 5.41) is 0.254. The van der Waals surface area contributed by atoms with Gasteiger partial charge in [-0.2, -0.15) is 0 Å². The van der Waals surface area contributed by atoms with Gasteiger partial charge in [0.05, 0.1) is 0 Å². The normalized spacial score (nSPS) is 13.7. The molecule has 0 aromatic heterocycles. The molecule has 0 amide bonds. The van der Waals surface area contributed by atoms with Crippen molar-refractivity contribution in [3.05, 3.63) is 59.7 Å². The number of rotatable bonds is 9. The van der Waals surface area contributed by atoms with E-state index in [1.165, 1.54) is 0 Å². The van der Waals surface area contributed by atoms with E-state index in [0.717, 1.165) is 22.6 Å². The third kappa shape index (κ3) is 8.71. The van der Waals surface area contributed by atoms with Gasteiger partial charge in [-0.05, 0) is 98.8 Å². The largest absolute Gasteiger partial charge is 0.544 e. The molecule has 0 aliphatic heterocycles. The van der Waals surface area contributed by atoms with E-state index in [1.54, 1.807) is 0 Å². The molecule has 0 saturated carbocycles. The summed E-state index contributed by atoms with van der Waals surface area (Å²) in [6.45, 7) is 30.5. The van der Waals surface area contributed by atoms with Crippen molar-refractivity contribution < 1.29 is 18.4 Å². The fourth-order valence-electron chi connectivity index (χ4n) is 3.88. The first-order chi connectivity index (χ1) is 17.5. The highest BCUT2D eigenvalue weighted by molar-refractivity contribution is 6.75. The average Bonchev–Trinajstić information content (AvgIpc) is 2.75. The molecule has 0 fully saturated rings. The summed E-state index contributed by atoms with van der Waals surface area (Å²) in [7, 11) is -3.87. The molecule has 39 heavy (non-hydrogen) atoms. The third-order valence-corrected chi connectivity index (χ3v) is 17.3. The molecule has 0 heterocycles. The molecular formula is C33H54O4Si2. The monoisotopic (exact) mass is 570 g/mol. The van der Waals surface area contributed by atoms with E-state index >= 15 is 0 Å².